The number of aryl methyl sites for hydroxylation is 1. The van der Waals surface area contributed by atoms with Gasteiger partial charge in [0.05, 0.1) is 22.7 Å². The molecular weight excluding hydrogens is 406 g/mol. The summed E-state index contributed by atoms with van der Waals surface area (Å²) < 4.78 is 31.7. The van der Waals surface area contributed by atoms with Crippen LogP contribution >= 0.6 is 10.7 Å². The Bertz CT molecular complexity index is 1270. The summed E-state index contributed by atoms with van der Waals surface area (Å²) in [5.74, 6) is 0.430. The van der Waals surface area contributed by atoms with Crippen LogP contribution in [0.5, 0.6) is 5.75 Å². The van der Waals surface area contributed by atoms with E-state index in [0.29, 0.717) is 42.1 Å². The van der Waals surface area contributed by atoms with Crippen molar-refractivity contribution in [1.82, 2.24) is 14.1 Å². The maximum atomic E-state index is 12.6. The lowest BCUT2D eigenvalue weighted by atomic mass is 10.1. The number of ether oxygens (including phenoxy) is 1. The molecule has 1 aromatic carbocycles. The van der Waals surface area contributed by atoms with Crippen molar-refractivity contribution in [2.45, 2.75) is 31.7 Å². The van der Waals surface area contributed by atoms with Crippen molar-refractivity contribution in [3.8, 4) is 17.0 Å². The summed E-state index contributed by atoms with van der Waals surface area (Å²) in [6, 6.07) is 5.89. The van der Waals surface area contributed by atoms with Crippen LogP contribution in [0.25, 0.3) is 22.3 Å². The standard InChI is InChI=1S/C18H20ClN3O5S/c1-4-8-22-14-10-13(20-16(14)17(23)21(3)18(22)24)12-9-11(28(19,25)26)6-7-15(12)27-5-2/h6-7,9-10,20H,4-5,8H2,1-3H3. The zero-order chi connectivity index (χ0) is 20.6. The third-order valence-corrected chi connectivity index (χ3v) is 5.75. The SMILES string of the molecule is CCCn1c(=O)n(C)c(=O)c2[nH]c(-c3cc(S(=O)(=O)Cl)ccc3OCC)cc21. The fraction of sp³-hybridized carbons (Fsp3) is 0.333. The van der Waals surface area contributed by atoms with Gasteiger partial charge in [0.25, 0.3) is 14.6 Å². The van der Waals surface area contributed by atoms with Crippen LogP contribution in [0.3, 0.4) is 0 Å². The van der Waals surface area contributed by atoms with Crippen LogP contribution in [0.15, 0.2) is 38.8 Å². The fourth-order valence-electron chi connectivity index (χ4n) is 3.10. The first-order chi connectivity index (χ1) is 13.2. The third-order valence-electron chi connectivity index (χ3n) is 4.39. The molecule has 0 aliphatic heterocycles. The van der Waals surface area contributed by atoms with Crippen LogP contribution in [0.1, 0.15) is 20.3 Å². The monoisotopic (exact) mass is 425 g/mol. The smallest absolute Gasteiger partial charge is 0.331 e. The second kappa shape index (κ2) is 7.48. The molecule has 0 bridgehead atoms. The van der Waals surface area contributed by atoms with E-state index in [0.717, 1.165) is 4.57 Å². The molecule has 0 amide bonds. The topological polar surface area (TPSA) is 103 Å². The van der Waals surface area contributed by atoms with Gasteiger partial charge in [-0.25, -0.2) is 13.2 Å². The van der Waals surface area contributed by atoms with Gasteiger partial charge in [-0.15, -0.1) is 0 Å². The molecule has 0 aliphatic carbocycles. The minimum absolute atomic E-state index is 0.0925. The number of aromatic amines is 1. The van der Waals surface area contributed by atoms with E-state index in [9.17, 15) is 18.0 Å². The van der Waals surface area contributed by atoms with E-state index in [2.05, 4.69) is 4.98 Å². The molecule has 0 saturated heterocycles. The molecule has 10 heteroatoms. The summed E-state index contributed by atoms with van der Waals surface area (Å²) in [6.07, 6.45) is 0.706. The molecule has 0 saturated carbocycles. The van der Waals surface area contributed by atoms with Crippen molar-refractivity contribution in [3.63, 3.8) is 0 Å². The van der Waals surface area contributed by atoms with Crippen LogP contribution in [0, 0.1) is 0 Å². The van der Waals surface area contributed by atoms with E-state index in [1.165, 1.54) is 29.8 Å². The lowest BCUT2D eigenvalue weighted by molar-refractivity contribution is 0.341. The first kappa shape index (κ1) is 20.2. The van der Waals surface area contributed by atoms with Gasteiger partial charge in [0.1, 0.15) is 11.3 Å². The van der Waals surface area contributed by atoms with E-state index in [-0.39, 0.29) is 10.4 Å². The molecule has 0 atom stereocenters. The number of nitrogens with zero attached hydrogens (tertiary/aromatic N) is 2. The molecular formula is C18H20ClN3O5S. The zero-order valence-electron chi connectivity index (χ0n) is 15.7. The van der Waals surface area contributed by atoms with Crippen molar-refractivity contribution in [2.75, 3.05) is 6.61 Å². The molecule has 3 rings (SSSR count). The summed E-state index contributed by atoms with van der Waals surface area (Å²) in [4.78, 5) is 28.0. The van der Waals surface area contributed by atoms with Crippen molar-refractivity contribution in [2.24, 2.45) is 7.05 Å². The maximum Gasteiger partial charge on any atom is 0.331 e. The molecule has 1 N–H and O–H groups in total. The molecule has 3 aromatic rings. The normalized spacial score (nSPS) is 11.9. The molecule has 0 spiro atoms. The predicted molar refractivity (Wildman–Crippen MR) is 108 cm³/mol. The Balaban J connectivity index is 2.36. The zero-order valence-corrected chi connectivity index (χ0v) is 17.2. The number of rotatable bonds is 6. The molecule has 150 valence electrons. The molecule has 28 heavy (non-hydrogen) atoms. The van der Waals surface area contributed by atoms with Gasteiger partial charge in [0, 0.05) is 29.8 Å². The molecule has 8 nitrogen and oxygen atoms in total. The summed E-state index contributed by atoms with van der Waals surface area (Å²) in [5, 5.41) is 0. The average Bonchev–Trinajstić information content (AvgIpc) is 3.08. The summed E-state index contributed by atoms with van der Waals surface area (Å²) in [7, 11) is 2.95. The van der Waals surface area contributed by atoms with E-state index in [1.54, 1.807) is 13.0 Å². The number of hydrogen-bond donors (Lipinski definition) is 1. The Morgan fingerprint density at radius 3 is 2.50 bits per heavy atom. The Hall–Kier alpha value is -2.52. The van der Waals surface area contributed by atoms with Crippen molar-refractivity contribution in [1.29, 1.82) is 0 Å². The average molecular weight is 426 g/mol. The number of benzene rings is 1. The van der Waals surface area contributed by atoms with Gasteiger partial charge in [-0.1, -0.05) is 6.92 Å². The van der Waals surface area contributed by atoms with E-state index in [4.69, 9.17) is 15.4 Å². The second-order valence-corrected chi connectivity index (χ2v) is 8.84. The minimum Gasteiger partial charge on any atom is -0.493 e. The Morgan fingerprint density at radius 1 is 1.18 bits per heavy atom. The van der Waals surface area contributed by atoms with Crippen molar-refractivity contribution >= 4 is 30.8 Å². The molecule has 0 radical (unpaired) electrons. The largest absolute Gasteiger partial charge is 0.493 e. The van der Waals surface area contributed by atoms with E-state index in [1.807, 2.05) is 6.92 Å². The van der Waals surface area contributed by atoms with Crippen molar-refractivity contribution in [3.05, 3.63) is 45.1 Å². The van der Waals surface area contributed by atoms with Gasteiger partial charge in [0.2, 0.25) is 0 Å². The van der Waals surface area contributed by atoms with Crippen LogP contribution in [0.2, 0.25) is 0 Å². The first-order valence-corrected chi connectivity index (χ1v) is 11.0. The number of fused-ring (bicyclic) bond motifs is 1. The molecule has 0 fully saturated rings. The quantitative estimate of drug-likeness (QED) is 0.611. The summed E-state index contributed by atoms with van der Waals surface area (Å²) >= 11 is 0. The van der Waals surface area contributed by atoms with Gasteiger partial charge in [-0.3, -0.25) is 13.9 Å². The first-order valence-electron chi connectivity index (χ1n) is 8.73. The predicted octanol–water partition coefficient (Wildman–Crippen LogP) is 2.43. The number of aromatic nitrogens is 3. The molecule has 2 aromatic heterocycles. The highest BCUT2D eigenvalue weighted by atomic mass is 35.7. The highest BCUT2D eigenvalue weighted by Gasteiger charge is 2.19. The summed E-state index contributed by atoms with van der Waals surface area (Å²) in [6.45, 7) is 4.53. The third kappa shape index (κ3) is 3.47. The number of halogens is 1. The van der Waals surface area contributed by atoms with Crippen LogP contribution in [-0.4, -0.2) is 29.1 Å². The van der Waals surface area contributed by atoms with Crippen LogP contribution < -0.4 is 16.0 Å². The Labute approximate surface area is 165 Å². The van der Waals surface area contributed by atoms with Gasteiger partial charge < -0.3 is 9.72 Å². The van der Waals surface area contributed by atoms with Gasteiger partial charge in [0.15, 0.2) is 0 Å². The van der Waals surface area contributed by atoms with Gasteiger partial charge >= 0.3 is 5.69 Å². The molecule has 0 unspecified atom stereocenters. The molecule has 0 aliphatic rings. The van der Waals surface area contributed by atoms with Gasteiger partial charge in [-0.05, 0) is 37.6 Å². The number of H-pyrrole nitrogens is 1. The number of nitrogens with one attached hydrogen (secondary N) is 1. The molecule has 2 heterocycles. The highest BCUT2D eigenvalue weighted by Crippen LogP contribution is 2.34. The fourth-order valence-corrected chi connectivity index (χ4v) is 3.87. The minimum atomic E-state index is -3.95. The van der Waals surface area contributed by atoms with Gasteiger partial charge in [-0.2, -0.15) is 0 Å². The Kier molecular flexibility index (Phi) is 5.40. The highest BCUT2D eigenvalue weighted by molar-refractivity contribution is 8.13. The second-order valence-electron chi connectivity index (χ2n) is 6.27. The number of hydrogen-bond acceptors (Lipinski definition) is 5. The lowest BCUT2D eigenvalue weighted by Gasteiger charge is -2.10. The van der Waals surface area contributed by atoms with E-state index < -0.39 is 20.3 Å². The van der Waals surface area contributed by atoms with E-state index >= 15 is 0 Å². The maximum absolute atomic E-state index is 12.6. The Morgan fingerprint density at radius 2 is 1.89 bits per heavy atom. The van der Waals surface area contributed by atoms with Crippen LogP contribution in [-0.2, 0) is 22.6 Å². The summed E-state index contributed by atoms with van der Waals surface area (Å²) in [5.41, 5.74) is 0.717. The van der Waals surface area contributed by atoms with Crippen LogP contribution in [0.4, 0.5) is 0 Å². The van der Waals surface area contributed by atoms with Crippen molar-refractivity contribution < 1.29 is 13.2 Å². The lowest BCUT2D eigenvalue weighted by Crippen LogP contribution is -2.38.